The van der Waals surface area contributed by atoms with Gasteiger partial charge in [-0.15, -0.1) is 0 Å². The highest BCUT2D eigenvalue weighted by atomic mass is 28.2. The zero-order valence-electron chi connectivity index (χ0n) is 25.4. The molecule has 0 atom stereocenters. The minimum Gasteiger partial charge on any atom is -0.416 e. The molecule has 0 fully saturated rings. The van der Waals surface area contributed by atoms with E-state index in [0.717, 1.165) is 64.0 Å². The number of unbranched alkanes of at least 4 members (excludes halogenated alkanes) is 1. The molecule has 0 spiro atoms. The molecule has 0 bridgehead atoms. The average molecular weight is 585 g/mol. The molecule has 0 amide bonds. The van der Waals surface area contributed by atoms with Gasteiger partial charge in [0.1, 0.15) is 13.2 Å². The highest BCUT2D eigenvalue weighted by Gasteiger charge is 2.33. The van der Waals surface area contributed by atoms with Crippen LogP contribution in [0.15, 0.2) is 0 Å². The van der Waals surface area contributed by atoms with Gasteiger partial charge in [-0.3, -0.25) is 0 Å². The minimum absolute atomic E-state index is 0.330. The molecule has 0 radical (unpaired) electrons. The Morgan fingerprint density at radius 2 is 0.868 bits per heavy atom. The summed E-state index contributed by atoms with van der Waals surface area (Å²) in [4.78, 5) is 2.56. The Hall–Kier alpha value is 0.0338. The standard InChI is InChI=1S/C26H60N2O8Si2/c1-7-29-25(30-8-2,31-9-3)23-35-37-21-15-19-28(18-14-13-17-27)20-16-22-38-36-24-26(32-10-4,33-11-5)34-12-6/h7-24,27,37-38H2,1-6H3. The summed E-state index contributed by atoms with van der Waals surface area (Å²) in [5.74, 6) is -2.14. The maximum Gasteiger partial charge on any atom is 0.306 e. The van der Waals surface area contributed by atoms with Crippen molar-refractivity contribution in [3.63, 3.8) is 0 Å². The zero-order valence-corrected chi connectivity index (χ0v) is 28.3. The van der Waals surface area contributed by atoms with E-state index < -0.39 is 31.5 Å². The topological polar surface area (TPSA) is 103 Å². The summed E-state index contributed by atoms with van der Waals surface area (Å²) in [5.41, 5.74) is 5.72. The van der Waals surface area contributed by atoms with Crippen molar-refractivity contribution in [2.24, 2.45) is 5.73 Å². The smallest absolute Gasteiger partial charge is 0.306 e. The summed E-state index contributed by atoms with van der Waals surface area (Å²) in [6.07, 6.45) is 4.47. The molecule has 0 aromatic heterocycles. The van der Waals surface area contributed by atoms with E-state index in [1.165, 1.54) is 0 Å². The Morgan fingerprint density at radius 3 is 1.18 bits per heavy atom. The first kappa shape index (κ1) is 38.0. The molecule has 230 valence electrons. The summed E-state index contributed by atoms with van der Waals surface area (Å²) in [5, 5.41) is 0. The van der Waals surface area contributed by atoms with Crippen molar-refractivity contribution in [2.75, 3.05) is 79.0 Å². The van der Waals surface area contributed by atoms with Gasteiger partial charge in [-0.2, -0.15) is 0 Å². The molecule has 0 heterocycles. The van der Waals surface area contributed by atoms with E-state index in [2.05, 4.69) is 4.90 Å². The van der Waals surface area contributed by atoms with Gasteiger partial charge in [-0.1, -0.05) is 0 Å². The first-order valence-electron chi connectivity index (χ1n) is 14.9. The van der Waals surface area contributed by atoms with Gasteiger partial charge in [0, 0.05) is 39.6 Å². The minimum atomic E-state index is -1.07. The van der Waals surface area contributed by atoms with Gasteiger partial charge in [0.25, 0.3) is 0 Å². The van der Waals surface area contributed by atoms with Gasteiger partial charge < -0.3 is 47.9 Å². The second-order valence-corrected chi connectivity index (χ2v) is 11.9. The maximum atomic E-state index is 6.03. The lowest BCUT2D eigenvalue weighted by molar-refractivity contribution is -0.385. The largest absolute Gasteiger partial charge is 0.416 e. The van der Waals surface area contributed by atoms with Crippen LogP contribution in [0.3, 0.4) is 0 Å². The number of hydrogen-bond acceptors (Lipinski definition) is 10. The molecule has 12 heteroatoms. The molecule has 0 unspecified atom stereocenters. The first-order chi connectivity index (χ1) is 18.5. The van der Waals surface area contributed by atoms with E-state index in [0.29, 0.717) is 52.9 Å². The zero-order chi connectivity index (χ0) is 28.4. The van der Waals surface area contributed by atoms with Gasteiger partial charge in [-0.25, -0.2) is 0 Å². The summed E-state index contributed by atoms with van der Waals surface area (Å²) < 4.78 is 46.5. The first-order valence-corrected chi connectivity index (χ1v) is 18.1. The Kier molecular flexibility index (Phi) is 26.0. The molecule has 0 saturated carbocycles. The second kappa shape index (κ2) is 26.0. The van der Waals surface area contributed by atoms with E-state index in [1.54, 1.807) is 0 Å². The molecule has 0 aromatic carbocycles. The monoisotopic (exact) mass is 584 g/mol. The molecule has 0 aliphatic rings. The average Bonchev–Trinajstić information content (AvgIpc) is 2.88. The quantitative estimate of drug-likeness (QED) is 0.0769. The molecule has 0 rings (SSSR count). The number of nitrogens with two attached hydrogens (primary N) is 1. The van der Waals surface area contributed by atoms with Crippen molar-refractivity contribution in [1.29, 1.82) is 0 Å². The predicted octanol–water partition coefficient (Wildman–Crippen LogP) is 2.37. The SMILES string of the molecule is CCOC(CO[SiH2]CCCN(CCCCN)CCC[SiH2]OCC(OCC)(OCC)OCC)(OCC)OCC. The third-order valence-electron chi connectivity index (χ3n) is 5.70. The Balaban J connectivity index is 4.40. The fraction of sp³-hybridized carbons (Fsp3) is 1.00. The van der Waals surface area contributed by atoms with Crippen LogP contribution in [0.25, 0.3) is 0 Å². The van der Waals surface area contributed by atoms with Crippen LogP contribution in [0, 0.1) is 0 Å². The molecule has 0 saturated heterocycles. The summed E-state index contributed by atoms with van der Waals surface area (Å²) in [6.45, 7) is 19.4. The van der Waals surface area contributed by atoms with Crippen molar-refractivity contribution in [3.05, 3.63) is 0 Å². The van der Waals surface area contributed by atoms with Gasteiger partial charge >= 0.3 is 11.9 Å². The Bertz CT molecular complexity index is 440. The van der Waals surface area contributed by atoms with E-state index in [4.69, 9.17) is 43.0 Å². The lowest BCUT2D eigenvalue weighted by Crippen LogP contribution is -2.44. The van der Waals surface area contributed by atoms with Crippen LogP contribution >= 0.6 is 0 Å². The summed E-state index contributed by atoms with van der Waals surface area (Å²) in [6, 6.07) is 2.22. The van der Waals surface area contributed by atoms with Gasteiger partial charge in [0.2, 0.25) is 0 Å². The predicted molar refractivity (Wildman–Crippen MR) is 158 cm³/mol. The maximum absolute atomic E-state index is 6.03. The summed E-state index contributed by atoms with van der Waals surface area (Å²) >= 11 is 0. The lowest BCUT2D eigenvalue weighted by atomic mass is 10.2. The Labute approximate surface area is 237 Å². The number of hydrogen-bond donors (Lipinski definition) is 1. The van der Waals surface area contributed by atoms with Crippen LogP contribution in [0.1, 0.15) is 67.2 Å². The second-order valence-electron chi connectivity index (χ2n) is 8.82. The highest BCUT2D eigenvalue weighted by molar-refractivity contribution is 6.27. The van der Waals surface area contributed by atoms with E-state index in [1.807, 2.05) is 41.5 Å². The van der Waals surface area contributed by atoms with Crippen LogP contribution in [0.5, 0.6) is 0 Å². The highest BCUT2D eigenvalue weighted by Crippen LogP contribution is 2.17. The number of nitrogens with zero attached hydrogens (tertiary/aromatic N) is 1. The van der Waals surface area contributed by atoms with E-state index in [-0.39, 0.29) is 0 Å². The number of ether oxygens (including phenoxy) is 6. The van der Waals surface area contributed by atoms with Crippen molar-refractivity contribution in [2.45, 2.75) is 91.3 Å². The van der Waals surface area contributed by atoms with E-state index >= 15 is 0 Å². The van der Waals surface area contributed by atoms with Crippen LogP contribution < -0.4 is 5.73 Å². The molecule has 0 aliphatic heterocycles. The molecular weight excluding hydrogens is 524 g/mol. The number of rotatable bonds is 30. The van der Waals surface area contributed by atoms with Crippen molar-refractivity contribution in [1.82, 2.24) is 4.90 Å². The third-order valence-corrected chi connectivity index (χ3v) is 8.26. The third kappa shape index (κ3) is 18.4. The van der Waals surface area contributed by atoms with Crippen LogP contribution in [-0.2, 0) is 37.3 Å². The molecule has 0 aromatic rings. The van der Waals surface area contributed by atoms with Crippen molar-refractivity contribution < 1.29 is 37.3 Å². The van der Waals surface area contributed by atoms with Crippen molar-refractivity contribution in [3.8, 4) is 0 Å². The van der Waals surface area contributed by atoms with Crippen LogP contribution in [-0.4, -0.2) is 115 Å². The molecule has 2 N–H and O–H groups in total. The van der Waals surface area contributed by atoms with Crippen LogP contribution in [0.4, 0.5) is 0 Å². The molecule has 10 nitrogen and oxygen atoms in total. The molecular formula is C26H60N2O8Si2. The van der Waals surface area contributed by atoms with Crippen LogP contribution in [0.2, 0.25) is 12.1 Å². The fourth-order valence-electron chi connectivity index (χ4n) is 4.11. The van der Waals surface area contributed by atoms with Crippen molar-refractivity contribution >= 4 is 19.5 Å². The molecule has 38 heavy (non-hydrogen) atoms. The summed E-state index contributed by atoms with van der Waals surface area (Å²) in [7, 11) is -1.36. The van der Waals surface area contributed by atoms with Gasteiger partial charge in [-0.05, 0) is 105 Å². The Morgan fingerprint density at radius 1 is 0.526 bits per heavy atom. The van der Waals surface area contributed by atoms with Gasteiger partial charge in [0.05, 0.1) is 0 Å². The normalized spacial score (nSPS) is 13.3. The van der Waals surface area contributed by atoms with Gasteiger partial charge in [0.15, 0.2) is 19.5 Å². The fourth-order valence-corrected chi connectivity index (χ4v) is 6.16. The lowest BCUT2D eigenvalue weighted by Gasteiger charge is -2.32. The molecule has 0 aliphatic carbocycles. The van der Waals surface area contributed by atoms with E-state index in [9.17, 15) is 0 Å².